The molecule has 0 spiro atoms. The van der Waals surface area contributed by atoms with Crippen molar-refractivity contribution >= 4 is 11.6 Å². The second kappa shape index (κ2) is 4.65. The van der Waals surface area contributed by atoms with E-state index in [1.807, 2.05) is 20.8 Å². The van der Waals surface area contributed by atoms with E-state index in [4.69, 9.17) is 4.74 Å². The van der Waals surface area contributed by atoms with Gasteiger partial charge in [0.15, 0.2) is 11.6 Å². The molecule has 1 aliphatic carbocycles. The summed E-state index contributed by atoms with van der Waals surface area (Å²) < 4.78 is 5.17. The van der Waals surface area contributed by atoms with Crippen LogP contribution in [0.15, 0.2) is 29.8 Å². The third-order valence-electron chi connectivity index (χ3n) is 3.05. The summed E-state index contributed by atoms with van der Waals surface area (Å²) in [6.45, 7) is 6.14. The Kier molecular flexibility index (Phi) is 3.31. The highest BCUT2D eigenvalue weighted by Crippen LogP contribution is 2.33. The van der Waals surface area contributed by atoms with E-state index in [0.29, 0.717) is 28.9 Å². The SMILES string of the molecule is COc1cccc2c1C(=O)C=C(CC(C)(C)C)C2=O. The van der Waals surface area contributed by atoms with Crippen molar-refractivity contribution in [3.05, 3.63) is 41.0 Å². The smallest absolute Gasteiger partial charge is 0.190 e. The molecule has 0 N–H and O–H groups in total. The average molecular weight is 258 g/mol. The lowest BCUT2D eigenvalue weighted by molar-refractivity contribution is 0.0974. The van der Waals surface area contributed by atoms with Crippen LogP contribution >= 0.6 is 0 Å². The molecule has 100 valence electrons. The Hall–Kier alpha value is -1.90. The molecule has 1 aliphatic rings. The van der Waals surface area contributed by atoms with Crippen molar-refractivity contribution in [2.75, 3.05) is 7.11 Å². The number of hydrogen-bond donors (Lipinski definition) is 0. The summed E-state index contributed by atoms with van der Waals surface area (Å²) in [5.74, 6) is 0.247. The first-order valence-electron chi connectivity index (χ1n) is 6.30. The van der Waals surface area contributed by atoms with Crippen LogP contribution in [0.3, 0.4) is 0 Å². The molecule has 3 heteroatoms. The van der Waals surface area contributed by atoms with E-state index in [9.17, 15) is 9.59 Å². The molecule has 0 heterocycles. The fourth-order valence-corrected chi connectivity index (χ4v) is 2.32. The Morgan fingerprint density at radius 1 is 1.16 bits per heavy atom. The molecular formula is C16H18O3. The molecule has 1 aromatic rings. The van der Waals surface area contributed by atoms with E-state index in [1.165, 1.54) is 13.2 Å². The number of methoxy groups -OCH3 is 1. The first-order chi connectivity index (χ1) is 8.83. The van der Waals surface area contributed by atoms with Crippen molar-refractivity contribution in [1.29, 1.82) is 0 Å². The molecule has 0 unspecified atom stereocenters. The van der Waals surface area contributed by atoms with Crippen molar-refractivity contribution in [3.8, 4) is 5.75 Å². The molecule has 3 nitrogen and oxygen atoms in total. The van der Waals surface area contributed by atoms with Crippen molar-refractivity contribution in [2.45, 2.75) is 27.2 Å². The summed E-state index contributed by atoms with van der Waals surface area (Å²) in [5.41, 5.74) is 1.38. The summed E-state index contributed by atoms with van der Waals surface area (Å²) in [5, 5.41) is 0. The first kappa shape index (κ1) is 13.5. The summed E-state index contributed by atoms with van der Waals surface area (Å²) in [7, 11) is 1.50. The maximum atomic E-state index is 12.4. The minimum atomic E-state index is -0.147. The van der Waals surface area contributed by atoms with Gasteiger partial charge < -0.3 is 4.74 Å². The molecule has 2 rings (SSSR count). The van der Waals surface area contributed by atoms with Gasteiger partial charge in [0.05, 0.1) is 12.7 Å². The van der Waals surface area contributed by atoms with Crippen LogP contribution in [0, 0.1) is 5.41 Å². The lowest BCUT2D eigenvalue weighted by atomic mass is 9.80. The molecule has 0 aliphatic heterocycles. The molecule has 0 amide bonds. The normalized spacial score (nSPS) is 15.1. The van der Waals surface area contributed by atoms with Crippen LogP contribution < -0.4 is 4.74 Å². The lowest BCUT2D eigenvalue weighted by Crippen LogP contribution is -2.21. The molecule has 1 aromatic carbocycles. The minimum Gasteiger partial charge on any atom is -0.496 e. The van der Waals surface area contributed by atoms with Gasteiger partial charge in [-0.2, -0.15) is 0 Å². The summed E-state index contributed by atoms with van der Waals surface area (Å²) in [6, 6.07) is 5.13. The van der Waals surface area contributed by atoms with Gasteiger partial charge in [-0.3, -0.25) is 9.59 Å². The van der Waals surface area contributed by atoms with Gasteiger partial charge in [0.2, 0.25) is 0 Å². The Bertz CT molecular complexity index is 574. The monoisotopic (exact) mass is 258 g/mol. The number of carbonyl (C=O) groups is 2. The third kappa shape index (κ3) is 2.60. The van der Waals surface area contributed by atoms with Crippen molar-refractivity contribution in [1.82, 2.24) is 0 Å². The van der Waals surface area contributed by atoms with Gasteiger partial charge in [-0.25, -0.2) is 0 Å². The van der Waals surface area contributed by atoms with Crippen molar-refractivity contribution in [3.63, 3.8) is 0 Å². The van der Waals surface area contributed by atoms with Crippen LogP contribution in [0.2, 0.25) is 0 Å². The van der Waals surface area contributed by atoms with Crippen molar-refractivity contribution in [2.24, 2.45) is 5.41 Å². The second-order valence-corrected chi connectivity index (χ2v) is 5.98. The molecule has 19 heavy (non-hydrogen) atoms. The van der Waals surface area contributed by atoms with Gasteiger partial charge in [0.1, 0.15) is 5.75 Å². The Labute approximate surface area is 113 Å². The lowest BCUT2D eigenvalue weighted by Gasteiger charge is -2.23. The fourth-order valence-electron chi connectivity index (χ4n) is 2.32. The topological polar surface area (TPSA) is 43.4 Å². The largest absolute Gasteiger partial charge is 0.496 e. The average Bonchev–Trinajstić information content (AvgIpc) is 2.33. The molecule has 0 bridgehead atoms. The Morgan fingerprint density at radius 2 is 1.84 bits per heavy atom. The number of rotatable bonds is 2. The van der Waals surface area contributed by atoms with E-state index in [2.05, 4.69) is 0 Å². The Morgan fingerprint density at radius 3 is 2.42 bits per heavy atom. The molecule has 0 fully saturated rings. The molecule has 0 radical (unpaired) electrons. The van der Waals surface area contributed by atoms with Crippen LogP contribution in [0.1, 0.15) is 47.9 Å². The second-order valence-electron chi connectivity index (χ2n) is 5.98. The van der Waals surface area contributed by atoms with E-state index in [-0.39, 0.29) is 17.0 Å². The maximum Gasteiger partial charge on any atom is 0.190 e. The molecule has 0 atom stereocenters. The van der Waals surface area contributed by atoms with Gasteiger partial charge in [-0.15, -0.1) is 0 Å². The summed E-state index contributed by atoms with van der Waals surface area (Å²) in [6.07, 6.45) is 2.05. The van der Waals surface area contributed by atoms with Gasteiger partial charge in [-0.1, -0.05) is 32.9 Å². The molecule has 0 aromatic heterocycles. The third-order valence-corrected chi connectivity index (χ3v) is 3.05. The zero-order valence-electron chi connectivity index (χ0n) is 11.7. The van der Waals surface area contributed by atoms with Gasteiger partial charge in [0, 0.05) is 11.1 Å². The van der Waals surface area contributed by atoms with Crippen LogP contribution in [0.4, 0.5) is 0 Å². The molecular weight excluding hydrogens is 240 g/mol. The quantitative estimate of drug-likeness (QED) is 0.816. The van der Waals surface area contributed by atoms with Gasteiger partial charge >= 0.3 is 0 Å². The summed E-state index contributed by atoms with van der Waals surface area (Å²) >= 11 is 0. The van der Waals surface area contributed by atoms with Gasteiger partial charge in [-0.05, 0) is 24.0 Å². The predicted molar refractivity (Wildman–Crippen MR) is 73.8 cm³/mol. The van der Waals surface area contributed by atoms with Crippen LogP contribution in [0.5, 0.6) is 5.75 Å². The summed E-state index contributed by atoms with van der Waals surface area (Å²) in [4.78, 5) is 24.6. The number of ketones is 2. The minimum absolute atomic E-state index is 0.0296. The number of allylic oxidation sites excluding steroid dienone is 2. The molecule has 0 saturated heterocycles. The van der Waals surface area contributed by atoms with E-state index in [1.54, 1.807) is 18.2 Å². The highest BCUT2D eigenvalue weighted by atomic mass is 16.5. The van der Waals surface area contributed by atoms with E-state index < -0.39 is 0 Å². The number of fused-ring (bicyclic) bond motifs is 1. The van der Waals surface area contributed by atoms with Crippen molar-refractivity contribution < 1.29 is 14.3 Å². The maximum absolute atomic E-state index is 12.4. The highest BCUT2D eigenvalue weighted by molar-refractivity contribution is 6.25. The number of ether oxygens (including phenoxy) is 1. The number of carbonyl (C=O) groups excluding carboxylic acids is 2. The zero-order valence-corrected chi connectivity index (χ0v) is 11.7. The Balaban J connectivity index is 2.49. The van der Waals surface area contributed by atoms with Crippen LogP contribution in [0.25, 0.3) is 0 Å². The van der Waals surface area contributed by atoms with Crippen LogP contribution in [-0.2, 0) is 0 Å². The number of Topliss-reactive ketones (excluding diaryl/α,β-unsaturated/α-hetero) is 1. The van der Waals surface area contributed by atoms with E-state index in [0.717, 1.165) is 0 Å². The molecule has 0 saturated carbocycles. The number of hydrogen-bond acceptors (Lipinski definition) is 3. The first-order valence-corrected chi connectivity index (χ1v) is 6.30. The highest BCUT2D eigenvalue weighted by Gasteiger charge is 2.30. The fraction of sp³-hybridized carbons (Fsp3) is 0.375. The van der Waals surface area contributed by atoms with Gasteiger partial charge in [0.25, 0.3) is 0 Å². The zero-order chi connectivity index (χ0) is 14.2. The van der Waals surface area contributed by atoms with E-state index >= 15 is 0 Å². The predicted octanol–water partition coefficient (Wildman–Crippen LogP) is 3.44. The standard InChI is InChI=1S/C16H18O3/c1-16(2,3)9-10-8-12(17)14-11(15(10)18)6-5-7-13(14)19-4/h5-8H,9H2,1-4H3. The number of benzene rings is 1. The van der Waals surface area contributed by atoms with Crippen LogP contribution in [-0.4, -0.2) is 18.7 Å².